The minimum absolute atomic E-state index is 0.489. The van der Waals surface area contributed by atoms with E-state index in [0.717, 1.165) is 30.0 Å². The van der Waals surface area contributed by atoms with Crippen molar-refractivity contribution in [3.05, 3.63) is 83.7 Å². The number of nitrogens with zero attached hydrogens (tertiary/aromatic N) is 2. The van der Waals surface area contributed by atoms with Crippen molar-refractivity contribution >= 4 is 16.1 Å². The fourth-order valence-corrected chi connectivity index (χ4v) is 4.58. The van der Waals surface area contributed by atoms with Crippen LogP contribution < -0.4 is 4.90 Å². The molecule has 2 aromatic carbocycles. The number of hydrogen-bond acceptors (Lipinski definition) is 4. The summed E-state index contributed by atoms with van der Waals surface area (Å²) in [5, 5.41) is 1.30. The van der Waals surface area contributed by atoms with Gasteiger partial charge >= 0.3 is 0 Å². The van der Waals surface area contributed by atoms with Crippen molar-refractivity contribution in [2.24, 2.45) is 0 Å². The normalized spacial score (nSPS) is 16.4. The molecule has 0 spiro atoms. The summed E-state index contributed by atoms with van der Waals surface area (Å²) in [5.74, 6) is 1.44. The molecule has 1 aliphatic heterocycles. The molecular formula is C22H24N3O3S+. The van der Waals surface area contributed by atoms with Crippen LogP contribution in [0.4, 0.5) is 0 Å². The number of oxazole rings is 1. The second-order valence-electron chi connectivity index (χ2n) is 7.07. The van der Waals surface area contributed by atoms with Crippen molar-refractivity contribution in [3.63, 3.8) is 0 Å². The summed E-state index contributed by atoms with van der Waals surface area (Å²) in [7, 11) is -3.41. The standard InChI is InChI=1S/C22H23N3O3S/c26-29(27,16-11-19-7-3-1-4-8-19)25-14-12-24(13-15-25)18-22-23-17-21(28-22)20-9-5-2-6-10-20/h1-11,16-17H,12-15,18H2/p+1/b16-11+. The first-order valence-corrected chi connectivity index (χ1v) is 11.2. The van der Waals surface area contributed by atoms with Crippen LogP contribution in [0.25, 0.3) is 17.4 Å². The van der Waals surface area contributed by atoms with Crippen LogP contribution in [-0.2, 0) is 16.6 Å². The average molecular weight is 411 g/mol. The van der Waals surface area contributed by atoms with Crippen LogP contribution in [0, 0.1) is 0 Å². The minimum Gasteiger partial charge on any atom is -0.435 e. The minimum atomic E-state index is -3.41. The lowest BCUT2D eigenvalue weighted by Crippen LogP contribution is -3.13. The molecular weight excluding hydrogens is 386 g/mol. The van der Waals surface area contributed by atoms with E-state index >= 15 is 0 Å². The summed E-state index contributed by atoms with van der Waals surface area (Å²) in [6.07, 6.45) is 3.39. The van der Waals surface area contributed by atoms with Gasteiger partial charge in [0.05, 0.1) is 32.4 Å². The number of rotatable bonds is 6. The fourth-order valence-electron chi connectivity index (χ4n) is 3.39. The molecule has 3 aromatic rings. The SMILES string of the molecule is O=S(=O)(/C=C/c1ccccc1)N1CC[NH+](Cc2ncc(-c3ccccc3)o2)CC1. The Labute approximate surface area is 171 Å². The molecule has 0 atom stereocenters. The van der Waals surface area contributed by atoms with E-state index in [1.165, 1.54) is 10.3 Å². The highest BCUT2D eigenvalue weighted by atomic mass is 32.2. The molecule has 6 nitrogen and oxygen atoms in total. The maximum atomic E-state index is 12.6. The molecule has 2 heterocycles. The third kappa shape index (κ3) is 5.00. The summed E-state index contributed by atoms with van der Waals surface area (Å²) < 4.78 is 32.6. The Morgan fingerprint density at radius 1 is 1.00 bits per heavy atom. The topological polar surface area (TPSA) is 67.8 Å². The molecule has 0 bridgehead atoms. The summed E-state index contributed by atoms with van der Waals surface area (Å²) >= 11 is 0. The van der Waals surface area contributed by atoms with Crippen LogP contribution in [0.15, 0.2) is 76.7 Å². The van der Waals surface area contributed by atoms with E-state index in [-0.39, 0.29) is 0 Å². The molecule has 29 heavy (non-hydrogen) atoms. The highest BCUT2D eigenvalue weighted by Gasteiger charge is 2.28. The van der Waals surface area contributed by atoms with E-state index < -0.39 is 10.0 Å². The van der Waals surface area contributed by atoms with Gasteiger partial charge in [0.1, 0.15) is 0 Å². The Morgan fingerprint density at radius 3 is 2.34 bits per heavy atom. The fraction of sp³-hybridized carbons (Fsp3) is 0.227. The van der Waals surface area contributed by atoms with Gasteiger partial charge in [-0.1, -0.05) is 60.7 Å². The van der Waals surface area contributed by atoms with Gasteiger partial charge in [-0.05, 0) is 11.6 Å². The Hall–Kier alpha value is -2.74. The number of aromatic nitrogens is 1. The van der Waals surface area contributed by atoms with Crippen LogP contribution in [0.5, 0.6) is 0 Å². The molecule has 1 fully saturated rings. The molecule has 1 aliphatic rings. The second-order valence-corrected chi connectivity index (χ2v) is 8.89. The van der Waals surface area contributed by atoms with E-state index in [1.807, 2.05) is 60.7 Å². The van der Waals surface area contributed by atoms with E-state index in [0.29, 0.717) is 25.5 Å². The first-order valence-electron chi connectivity index (χ1n) is 9.67. The summed E-state index contributed by atoms with van der Waals surface area (Å²) in [6.45, 7) is 3.08. The average Bonchev–Trinajstić information content (AvgIpc) is 3.23. The van der Waals surface area contributed by atoms with Gasteiger partial charge < -0.3 is 9.32 Å². The van der Waals surface area contributed by atoms with Gasteiger partial charge in [0.25, 0.3) is 5.89 Å². The zero-order chi connectivity index (χ0) is 20.1. The lowest BCUT2D eigenvalue weighted by molar-refractivity contribution is -0.918. The molecule has 7 heteroatoms. The van der Waals surface area contributed by atoms with E-state index in [2.05, 4.69) is 4.98 Å². The zero-order valence-electron chi connectivity index (χ0n) is 16.1. The van der Waals surface area contributed by atoms with Crippen LogP contribution >= 0.6 is 0 Å². The third-order valence-electron chi connectivity index (χ3n) is 5.03. The Morgan fingerprint density at radius 2 is 1.66 bits per heavy atom. The molecule has 150 valence electrons. The number of sulfonamides is 1. The first kappa shape index (κ1) is 19.6. The lowest BCUT2D eigenvalue weighted by Gasteiger charge is -2.30. The molecule has 0 amide bonds. The van der Waals surface area contributed by atoms with Crippen molar-refractivity contribution < 1.29 is 17.7 Å². The molecule has 1 saturated heterocycles. The number of piperazine rings is 1. The predicted molar refractivity (Wildman–Crippen MR) is 112 cm³/mol. The smallest absolute Gasteiger partial charge is 0.250 e. The van der Waals surface area contributed by atoms with Crippen molar-refractivity contribution in [2.75, 3.05) is 26.2 Å². The van der Waals surface area contributed by atoms with Gasteiger partial charge in [0.15, 0.2) is 12.3 Å². The highest BCUT2D eigenvalue weighted by Crippen LogP contribution is 2.19. The monoisotopic (exact) mass is 410 g/mol. The number of benzene rings is 2. The lowest BCUT2D eigenvalue weighted by atomic mass is 10.2. The number of nitrogens with one attached hydrogen (secondary N) is 1. The Kier molecular flexibility index (Phi) is 5.89. The van der Waals surface area contributed by atoms with Crippen LogP contribution in [0.1, 0.15) is 11.5 Å². The highest BCUT2D eigenvalue weighted by molar-refractivity contribution is 7.92. The maximum absolute atomic E-state index is 12.6. The molecule has 0 aliphatic carbocycles. The quantitative estimate of drug-likeness (QED) is 0.675. The van der Waals surface area contributed by atoms with Gasteiger partial charge in [0.2, 0.25) is 10.0 Å². The summed E-state index contributed by atoms with van der Waals surface area (Å²) in [4.78, 5) is 5.66. The Bertz CT molecular complexity index is 1050. The van der Waals surface area contributed by atoms with Crippen LogP contribution in [0.3, 0.4) is 0 Å². The summed E-state index contributed by atoms with van der Waals surface area (Å²) in [6, 6.07) is 19.3. The molecule has 1 aromatic heterocycles. The summed E-state index contributed by atoms with van der Waals surface area (Å²) in [5.41, 5.74) is 1.88. The van der Waals surface area contributed by atoms with Crippen LogP contribution in [0.2, 0.25) is 0 Å². The van der Waals surface area contributed by atoms with E-state index in [1.54, 1.807) is 16.6 Å². The van der Waals surface area contributed by atoms with Gasteiger partial charge in [-0.15, -0.1) is 0 Å². The van der Waals surface area contributed by atoms with Gasteiger partial charge in [-0.3, -0.25) is 0 Å². The number of hydrogen-bond donors (Lipinski definition) is 1. The molecule has 0 saturated carbocycles. The first-order chi connectivity index (χ1) is 14.1. The van der Waals surface area contributed by atoms with Crippen molar-refractivity contribution in [1.29, 1.82) is 0 Å². The largest absolute Gasteiger partial charge is 0.435 e. The zero-order valence-corrected chi connectivity index (χ0v) is 16.9. The number of quaternary nitrogens is 1. The van der Waals surface area contributed by atoms with Gasteiger partial charge in [-0.25, -0.2) is 13.4 Å². The van der Waals surface area contributed by atoms with Crippen molar-refractivity contribution in [1.82, 2.24) is 9.29 Å². The van der Waals surface area contributed by atoms with Crippen molar-refractivity contribution in [3.8, 4) is 11.3 Å². The third-order valence-corrected chi connectivity index (χ3v) is 6.60. The van der Waals surface area contributed by atoms with Gasteiger partial charge in [-0.2, -0.15) is 4.31 Å². The van der Waals surface area contributed by atoms with Gasteiger partial charge in [0, 0.05) is 11.0 Å². The predicted octanol–water partition coefficient (Wildman–Crippen LogP) is 2.04. The van der Waals surface area contributed by atoms with Crippen LogP contribution in [-0.4, -0.2) is 43.9 Å². The second kappa shape index (κ2) is 8.73. The Balaban J connectivity index is 1.33. The van der Waals surface area contributed by atoms with Crippen molar-refractivity contribution in [2.45, 2.75) is 6.54 Å². The molecule has 4 rings (SSSR count). The molecule has 1 N–H and O–H groups in total. The molecule has 0 radical (unpaired) electrons. The molecule has 0 unspecified atom stereocenters. The van der Waals surface area contributed by atoms with E-state index in [4.69, 9.17) is 4.42 Å². The van der Waals surface area contributed by atoms with E-state index in [9.17, 15) is 8.42 Å². The maximum Gasteiger partial charge on any atom is 0.250 e.